The normalized spacial score (nSPS) is 21.6. The SMILES string of the molecule is CCOC(=O)c1sc2nc(CN3C[C@H](C)C[C@@H](C)C3)[nH]c(=O)c2c1C. The first-order valence-corrected chi connectivity index (χ1v) is 9.62. The number of carbonyl (C=O) groups excluding carboxylic acids is 1. The molecule has 6 nitrogen and oxygen atoms in total. The molecule has 1 aliphatic heterocycles. The van der Waals surface area contributed by atoms with Crippen LogP contribution in [0.15, 0.2) is 4.79 Å². The number of rotatable bonds is 4. The van der Waals surface area contributed by atoms with Crippen molar-refractivity contribution >= 4 is 27.5 Å². The predicted octanol–water partition coefficient (Wildman–Crippen LogP) is 2.95. The van der Waals surface area contributed by atoms with E-state index < -0.39 is 0 Å². The van der Waals surface area contributed by atoms with Crippen LogP contribution in [0, 0.1) is 18.8 Å². The molecule has 0 amide bonds. The van der Waals surface area contributed by atoms with E-state index in [2.05, 4.69) is 28.7 Å². The van der Waals surface area contributed by atoms with E-state index in [-0.39, 0.29) is 11.5 Å². The second kappa shape index (κ2) is 7.25. The van der Waals surface area contributed by atoms with Gasteiger partial charge in [-0.25, -0.2) is 9.78 Å². The number of H-pyrrole nitrogens is 1. The highest BCUT2D eigenvalue weighted by molar-refractivity contribution is 7.20. The molecule has 3 heterocycles. The Balaban J connectivity index is 1.91. The van der Waals surface area contributed by atoms with Gasteiger partial charge in [0.15, 0.2) is 0 Å². The molecule has 3 rings (SSSR count). The van der Waals surface area contributed by atoms with Crippen molar-refractivity contribution in [2.24, 2.45) is 11.8 Å². The van der Waals surface area contributed by atoms with Gasteiger partial charge in [-0.2, -0.15) is 0 Å². The molecule has 0 aromatic carbocycles. The van der Waals surface area contributed by atoms with Crippen molar-refractivity contribution in [1.29, 1.82) is 0 Å². The molecule has 0 aliphatic carbocycles. The van der Waals surface area contributed by atoms with Crippen molar-refractivity contribution in [2.45, 2.75) is 40.7 Å². The maximum Gasteiger partial charge on any atom is 0.348 e. The third-order valence-corrected chi connectivity index (χ3v) is 5.79. The molecule has 0 spiro atoms. The Morgan fingerprint density at radius 2 is 2.04 bits per heavy atom. The number of nitrogens with zero attached hydrogens (tertiary/aromatic N) is 2. The maximum absolute atomic E-state index is 12.5. The molecule has 25 heavy (non-hydrogen) atoms. The van der Waals surface area contributed by atoms with Gasteiger partial charge in [0.2, 0.25) is 0 Å². The summed E-state index contributed by atoms with van der Waals surface area (Å²) in [6.07, 6.45) is 1.24. The van der Waals surface area contributed by atoms with Crippen LogP contribution >= 0.6 is 11.3 Å². The summed E-state index contributed by atoms with van der Waals surface area (Å²) in [6.45, 7) is 11.0. The fourth-order valence-electron chi connectivity index (χ4n) is 3.79. The number of nitrogens with one attached hydrogen (secondary N) is 1. The Bertz CT molecular complexity index is 832. The quantitative estimate of drug-likeness (QED) is 0.845. The summed E-state index contributed by atoms with van der Waals surface area (Å²) >= 11 is 1.24. The third kappa shape index (κ3) is 3.77. The average Bonchev–Trinajstić information content (AvgIpc) is 2.83. The number of hydrogen-bond acceptors (Lipinski definition) is 6. The van der Waals surface area contributed by atoms with E-state index >= 15 is 0 Å². The van der Waals surface area contributed by atoms with Crippen molar-refractivity contribution in [3.05, 3.63) is 26.6 Å². The van der Waals surface area contributed by atoms with E-state index in [1.807, 2.05) is 0 Å². The fourth-order valence-corrected chi connectivity index (χ4v) is 4.88. The minimum atomic E-state index is -0.386. The Morgan fingerprint density at radius 3 is 2.68 bits per heavy atom. The number of thiophene rings is 1. The molecule has 0 unspecified atom stereocenters. The Labute approximate surface area is 151 Å². The van der Waals surface area contributed by atoms with E-state index in [1.54, 1.807) is 13.8 Å². The van der Waals surface area contributed by atoms with E-state index in [1.165, 1.54) is 17.8 Å². The van der Waals surface area contributed by atoms with Gasteiger partial charge in [0.1, 0.15) is 15.5 Å². The molecule has 0 saturated carbocycles. The van der Waals surface area contributed by atoms with Gasteiger partial charge >= 0.3 is 5.97 Å². The van der Waals surface area contributed by atoms with Gasteiger partial charge in [0.05, 0.1) is 18.5 Å². The molecule has 2 aromatic heterocycles. The summed E-state index contributed by atoms with van der Waals surface area (Å²) < 4.78 is 5.08. The fraction of sp³-hybridized carbons (Fsp3) is 0.611. The van der Waals surface area contributed by atoms with Crippen LogP contribution < -0.4 is 5.56 Å². The lowest BCUT2D eigenvalue weighted by molar-refractivity contribution is 0.0531. The minimum Gasteiger partial charge on any atom is -0.462 e. The van der Waals surface area contributed by atoms with Gasteiger partial charge in [-0.1, -0.05) is 13.8 Å². The van der Waals surface area contributed by atoms with Crippen molar-refractivity contribution in [3.63, 3.8) is 0 Å². The van der Waals surface area contributed by atoms with Gasteiger partial charge in [-0.3, -0.25) is 9.69 Å². The van der Waals surface area contributed by atoms with E-state index in [9.17, 15) is 9.59 Å². The van der Waals surface area contributed by atoms with Crippen LogP contribution in [0.2, 0.25) is 0 Å². The lowest BCUT2D eigenvalue weighted by Crippen LogP contribution is -2.38. The molecule has 0 bridgehead atoms. The monoisotopic (exact) mass is 363 g/mol. The Morgan fingerprint density at radius 1 is 1.36 bits per heavy atom. The molecule has 2 atom stereocenters. The number of esters is 1. The number of aryl methyl sites for hydroxylation is 1. The van der Waals surface area contributed by atoms with Crippen LogP contribution in [-0.2, 0) is 11.3 Å². The largest absolute Gasteiger partial charge is 0.462 e. The molecule has 1 saturated heterocycles. The van der Waals surface area contributed by atoms with Crippen molar-refractivity contribution in [1.82, 2.24) is 14.9 Å². The van der Waals surface area contributed by atoms with Gasteiger partial charge in [-0.15, -0.1) is 11.3 Å². The summed E-state index contributed by atoms with van der Waals surface area (Å²) in [5.74, 6) is 1.58. The first kappa shape index (κ1) is 18.1. The van der Waals surface area contributed by atoms with E-state index in [0.29, 0.717) is 51.5 Å². The average molecular weight is 363 g/mol. The van der Waals surface area contributed by atoms with Gasteiger partial charge in [0.25, 0.3) is 5.56 Å². The molecular weight excluding hydrogens is 338 g/mol. The number of hydrogen-bond donors (Lipinski definition) is 1. The maximum atomic E-state index is 12.5. The number of likely N-dealkylation sites (tertiary alicyclic amines) is 1. The smallest absolute Gasteiger partial charge is 0.348 e. The van der Waals surface area contributed by atoms with Crippen LogP contribution in [0.25, 0.3) is 10.2 Å². The van der Waals surface area contributed by atoms with Gasteiger partial charge in [-0.05, 0) is 37.7 Å². The number of carbonyl (C=O) groups is 1. The standard InChI is InChI=1S/C18H25N3O3S/c1-5-24-18(23)15-12(4)14-16(22)19-13(20-17(14)25-15)9-21-7-10(2)6-11(3)8-21/h10-11H,5-9H2,1-4H3,(H,19,20,22)/t10-,11-/m1/s1. The first-order valence-electron chi connectivity index (χ1n) is 8.80. The number of piperidine rings is 1. The lowest BCUT2D eigenvalue weighted by atomic mass is 9.92. The highest BCUT2D eigenvalue weighted by Crippen LogP contribution is 2.28. The summed E-state index contributed by atoms with van der Waals surface area (Å²) in [6, 6.07) is 0. The van der Waals surface area contributed by atoms with Gasteiger partial charge < -0.3 is 9.72 Å². The molecular formula is C18H25N3O3S. The Hall–Kier alpha value is -1.73. The molecule has 0 radical (unpaired) electrons. The predicted molar refractivity (Wildman–Crippen MR) is 99.2 cm³/mol. The van der Waals surface area contributed by atoms with Crippen molar-refractivity contribution in [2.75, 3.05) is 19.7 Å². The number of aromatic amines is 1. The van der Waals surface area contributed by atoms with Crippen LogP contribution in [0.5, 0.6) is 0 Å². The van der Waals surface area contributed by atoms with E-state index in [4.69, 9.17) is 4.74 Å². The highest BCUT2D eigenvalue weighted by Gasteiger charge is 2.24. The molecule has 1 N–H and O–H groups in total. The second-order valence-corrected chi connectivity index (χ2v) is 8.11. The molecule has 1 aliphatic rings. The molecule has 136 valence electrons. The van der Waals surface area contributed by atoms with Crippen molar-refractivity contribution < 1.29 is 9.53 Å². The summed E-state index contributed by atoms with van der Waals surface area (Å²) in [5.41, 5.74) is 0.473. The molecule has 2 aromatic rings. The first-order chi connectivity index (χ1) is 11.9. The zero-order valence-electron chi connectivity index (χ0n) is 15.2. The Kier molecular flexibility index (Phi) is 5.24. The topological polar surface area (TPSA) is 75.3 Å². The van der Waals surface area contributed by atoms with Crippen LogP contribution in [-0.4, -0.2) is 40.5 Å². The molecule has 1 fully saturated rings. The van der Waals surface area contributed by atoms with Crippen LogP contribution in [0.1, 0.15) is 48.3 Å². The highest BCUT2D eigenvalue weighted by atomic mass is 32.1. The summed E-state index contributed by atoms with van der Waals surface area (Å²) in [7, 11) is 0. The third-order valence-electron chi connectivity index (χ3n) is 4.63. The number of fused-ring (bicyclic) bond motifs is 1. The lowest BCUT2D eigenvalue weighted by Gasteiger charge is -2.34. The summed E-state index contributed by atoms with van der Waals surface area (Å²) in [4.78, 5) is 35.5. The minimum absolute atomic E-state index is 0.178. The second-order valence-electron chi connectivity index (χ2n) is 7.11. The zero-order valence-corrected chi connectivity index (χ0v) is 16.0. The zero-order chi connectivity index (χ0) is 18.1. The number of ether oxygens (including phenoxy) is 1. The molecule has 7 heteroatoms. The van der Waals surface area contributed by atoms with Gasteiger partial charge in [0, 0.05) is 13.1 Å². The number of aromatic nitrogens is 2. The van der Waals surface area contributed by atoms with Crippen LogP contribution in [0.4, 0.5) is 0 Å². The van der Waals surface area contributed by atoms with Crippen molar-refractivity contribution in [3.8, 4) is 0 Å². The van der Waals surface area contributed by atoms with Crippen LogP contribution in [0.3, 0.4) is 0 Å². The summed E-state index contributed by atoms with van der Waals surface area (Å²) in [5, 5.41) is 0.497. The van der Waals surface area contributed by atoms with E-state index in [0.717, 1.165) is 13.1 Å².